The molecule has 2 nitrogen and oxygen atoms in total. The van der Waals surface area contributed by atoms with E-state index < -0.39 is 0 Å². The fourth-order valence-electron chi connectivity index (χ4n) is 9.09. The van der Waals surface area contributed by atoms with Crippen LogP contribution in [0.5, 0.6) is 0 Å². The average molecular weight is 796 g/mol. The van der Waals surface area contributed by atoms with Gasteiger partial charge in [0.05, 0.1) is 5.69 Å². The second kappa shape index (κ2) is 14.5. The highest BCUT2D eigenvalue weighted by atomic mass is 32.1. The van der Waals surface area contributed by atoms with Crippen LogP contribution in [0.25, 0.3) is 97.4 Å². The monoisotopic (exact) mass is 795 g/mol. The van der Waals surface area contributed by atoms with Crippen LogP contribution in [0.3, 0.4) is 0 Å². The van der Waals surface area contributed by atoms with Gasteiger partial charge in [0.15, 0.2) is 5.58 Å². The molecule has 286 valence electrons. The van der Waals surface area contributed by atoms with Crippen LogP contribution in [0.2, 0.25) is 0 Å². The summed E-state index contributed by atoms with van der Waals surface area (Å²) in [4.78, 5) is 2.38. The van der Waals surface area contributed by atoms with Crippen molar-refractivity contribution in [1.82, 2.24) is 0 Å². The number of furan rings is 1. The molecule has 0 aliphatic rings. The SMILES string of the molecule is c1ccc(-c2ccc3c(oc4ccccc43)c2N(c2ccc(-c3ccc(-c4ccc5ccccc5c4)cc3)cc2)c2ccc(-c3cccc4sc5ccccc5c34)cc2)cc1. The molecular formula is C58H37NOS. The molecule has 2 aromatic heterocycles. The fraction of sp³-hybridized carbons (Fsp3) is 0. The van der Waals surface area contributed by atoms with Crippen molar-refractivity contribution >= 4 is 81.3 Å². The second-order valence-corrected chi connectivity index (χ2v) is 16.7. The Morgan fingerprint density at radius 2 is 0.918 bits per heavy atom. The van der Waals surface area contributed by atoms with Crippen molar-refractivity contribution < 1.29 is 4.42 Å². The molecule has 2 heterocycles. The van der Waals surface area contributed by atoms with Gasteiger partial charge in [0.1, 0.15) is 5.58 Å². The van der Waals surface area contributed by atoms with Gasteiger partial charge < -0.3 is 9.32 Å². The molecule has 3 heteroatoms. The normalized spacial score (nSPS) is 11.6. The van der Waals surface area contributed by atoms with Crippen molar-refractivity contribution in [2.45, 2.75) is 0 Å². The van der Waals surface area contributed by atoms with Gasteiger partial charge in [-0.2, -0.15) is 0 Å². The van der Waals surface area contributed by atoms with Crippen LogP contribution in [0, 0.1) is 0 Å². The molecule has 10 aromatic carbocycles. The molecule has 0 N–H and O–H groups in total. The van der Waals surface area contributed by atoms with E-state index in [1.807, 2.05) is 17.4 Å². The molecule has 0 atom stereocenters. The minimum atomic E-state index is 0.856. The van der Waals surface area contributed by atoms with E-state index in [4.69, 9.17) is 4.42 Å². The number of nitrogens with zero attached hydrogens (tertiary/aromatic N) is 1. The Labute approximate surface area is 357 Å². The summed E-state index contributed by atoms with van der Waals surface area (Å²) in [5, 5.41) is 7.31. The van der Waals surface area contributed by atoms with E-state index in [0.717, 1.165) is 55.7 Å². The Balaban J connectivity index is 1.00. The Morgan fingerprint density at radius 1 is 0.344 bits per heavy atom. The summed E-state index contributed by atoms with van der Waals surface area (Å²) < 4.78 is 9.48. The standard InChI is InChI=1S/C58H37NOS/c1-2-12-42(13-3-1)49-35-36-51-50-15-6-8-18-53(50)60-58(51)57(49)59(47-33-29-43(30-34-47)48-17-10-20-55-56(48)52-16-7-9-19-54(52)61-55)46-31-27-40(28-32-46)39-21-23-41(24-22-39)45-26-25-38-11-4-5-14-44(38)37-45/h1-37H. The van der Waals surface area contributed by atoms with Crippen molar-refractivity contribution in [3.8, 4) is 44.5 Å². The third-order valence-electron chi connectivity index (χ3n) is 12.1. The van der Waals surface area contributed by atoms with Gasteiger partial charge in [0, 0.05) is 47.9 Å². The summed E-state index contributed by atoms with van der Waals surface area (Å²) in [5.74, 6) is 0. The molecule has 0 saturated heterocycles. The molecule has 12 rings (SSSR count). The number of para-hydroxylation sites is 1. The molecule has 0 aliphatic carbocycles. The predicted molar refractivity (Wildman–Crippen MR) is 261 cm³/mol. The van der Waals surface area contributed by atoms with E-state index in [9.17, 15) is 0 Å². The van der Waals surface area contributed by atoms with Crippen molar-refractivity contribution in [2.75, 3.05) is 4.90 Å². The maximum atomic E-state index is 6.87. The van der Waals surface area contributed by atoms with Crippen molar-refractivity contribution in [2.24, 2.45) is 0 Å². The summed E-state index contributed by atoms with van der Waals surface area (Å²) in [5.41, 5.74) is 14.2. The van der Waals surface area contributed by atoms with Crippen molar-refractivity contribution in [3.63, 3.8) is 0 Å². The number of fused-ring (bicyclic) bond motifs is 7. The zero-order valence-electron chi connectivity index (χ0n) is 33.1. The third-order valence-corrected chi connectivity index (χ3v) is 13.2. The molecule has 0 unspecified atom stereocenters. The lowest BCUT2D eigenvalue weighted by Gasteiger charge is -2.28. The molecule has 0 bridgehead atoms. The van der Waals surface area contributed by atoms with Crippen LogP contribution >= 0.6 is 11.3 Å². The second-order valence-electron chi connectivity index (χ2n) is 15.6. The molecule has 0 amide bonds. The summed E-state index contributed by atoms with van der Waals surface area (Å²) in [6.45, 7) is 0. The van der Waals surface area contributed by atoms with Gasteiger partial charge in [-0.05, 0) is 104 Å². The molecule has 12 aromatic rings. The number of anilines is 3. The Bertz CT molecular complexity index is 3560. The molecule has 0 aliphatic heterocycles. The number of benzene rings is 10. The zero-order valence-corrected chi connectivity index (χ0v) is 33.9. The topological polar surface area (TPSA) is 16.4 Å². The lowest BCUT2D eigenvalue weighted by molar-refractivity contribution is 0.669. The largest absolute Gasteiger partial charge is 0.454 e. The van der Waals surface area contributed by atoms with Crippen molar-refractivity contribution in [1.29, 1.82) is 0 Å². The van der Waals surface area contributed by atoms with E-state index in [1.54, 1.807) is 0 Å². The first-order valence-electron chi connectivity index (χ1n) is 20.7. The summed E-state index contributed by atoms with van der Waals surface area (Å²) >= 11 is 1.86. The molecule has 0 radical (unpaired) electrons. The van der Waals surface area contributed by atoms with Crippen LogP contribution in [0.1, 0.15) is 0 Å². The molecule has 0 spiro atoms. The minimum Gasteiger partial charge on any atom is -0.454 e. The molecule has 61 heavy (non-hydrogen) atoms. The highest BCUT2D eigenvalue weighted by Crippen LogP contribution is 2.48. The maximum absolute atomic E-state index is 6.87. The van der Waals surface area contributed by atoms with Crippen molar-refractivity contribution in [3.05, 3.63) is 224 Å². The number of rotatable bonds is 7. The van der Waals surface area contributed by atoms with Crippen LogP contribution in [-0.2, 0) is 0 Å². The lowest BCUT2D eigenvalue weighted by Crippen LogP contribution is -2.11. The highest BCUT2D eigenvalue weighted by Gasteiger charge is 2.24. The number of hydrogen-bond donors (Lipinski definition) is 0. The van der Waals surface area contributed by atoms with Gasteiger partial charge in [-0.1, -0.05) is 170 Å². The van der Waals surface area contributed by atoms with Gasteiger partial charge in [-0.3, -0.25) is 0 Å². The molecular weight excluding hydrogens is 759 g/mol. The van der Waals surface area contributed by atoms with Crippen LogP contribution in [-0.4, -0.2) is 0 Å². The first kappa shape index (κ1) is 35.2. The first-order chi connectivity index (χ1) is 30.2. The summed E-state index contributed by atoms with van der Waals surface area (Å²) in [6, 6.07) is 81.1. The predicted octanol–water partition coefficient (Wildman–Crippen LogP) is 17.2. The highest BCUT2D eigenvalue weighted by molar-refractivity contribution is 7.25. The average Bonchev–Trinajstić information content (AvgIpc) is 3.91. The minimum absolute atomic E-state index is 0.856. The number of hydrogen-bond acceptors (Lipinski definition) is 3. The Morgan fingerprint density at radius 3 is 1.69 bits per heavy atom. The quantitative estimate of drug-likeness (QED) is 0.160. The van der Waals surface area contributed by atoms with E-state index in [-0.39, 0.29) is 0 Å². The zero-order chi connectivity index (χ0) is 40.3. The summed E-state index contributed by atoms with van der Waals surface area (Å²) in [7, 11) is 0. The summed E-state index contributed by atoms with van der Waals surface area (Å²) in [6.07, 6.45) is 0. The fourth-order valence-corrected chi connectivity index (χ4v) is 10.2. The lowest BCUT2D eigenvalue weighted by atomic mass is 9.97. The van der Waals surface area contributed by atoms with E-state index in [1.165, 1.54) is 58.8 Å². The van der Waals surface area contributed by atoms with Gasteiger partial charge in [-0.15, -0.1) is 11.3 Å². The van der Waals surface area contributed by atoms with Gasteiger partial charge in [-0.25, -0.2) is 0 Å². The Kier molecular flexibility index (Phi) is 8.39. The smallest absolute Gasteiger partial charge is 0.160 e. The van der Waals surface area contributed by atoms with Gasteiger partial charge in [0.25, 0.3) is 0 Å². The van der Waals surface area contributed by atoms with Crippen LogP contribution in [0.15, 0.2) is 229 Å². The van der Waals surface area contributed by atoms with Crippen LogP contribution in [0.4, 0.5) is 17.1 Å². The number of thiophene rings is 1. The van der Waals surface area contributed by atoms with Crippen LogP contribution < -0.4 is 4.90 Å². The maximum Gasteiger partial charge on any atom is 0.160 e. The van der Waals surface area contributed by atoms with Gasteiger partial charge in [0.2, 0.25) is 0 Å². The van der Waals surface area contributed by atoms with Gasteiger partial charge >= 0.3 is 0 Å². The Hall–Kier alpha value is -7.72. The van der Waals surface area contributed by atoms with E-state index >= 15 is 0 Å². The molecule has 0 fully saturated rings. The van der Waals surface area contributed by atoms with E-state index in [0.29, 0.717) is 0 Å². The third kappa shape index (κ3) is 6.09. The molecule has 0 saturated carbocycles. The van der Waals surface area contributed by atoms with E-state index in [2.05, 4.69) is 223 Å². The first-order valence-corrected chi connectivity index (χ1v) is 21.6.